The Bertz CT molecular complexity index is 1020. The Morgan fingerprint density at radius 2 is 2.21 bits per heavy atom. The molecule has 1 fully saturated rings. The van der Waals surface area contributed by atoms with Gasteiger partial charge < -0.3 is 15.4 Å². The van der Waals surface area contributed by atoms with Crippen LogP contribution in [0.2, 0.25) is 0 Å². The lowest BCUT2D eigenvalue weighted by molar-refractivity contribution is 0.0528. The summed E-state index contributed by atoms with van der Waals surface area (Å²) in [5, 5.41) is 4.10. The van der Waals surface area contributed by atoms with Crippen molar-refractivity contribution in [2.24, 2.45) is 0 Å². The molecule has 146 valence electrons. The average Bonchev–Trinajstić information content (AvgIpc) is 3.24. The van der Waals surface area contributed by atoms with Crippen molar-refractivity contribution < 1.29 is 18.3 Å². The Labute approximate surface area is 159 Å². The summed E-state index contributed by atoms with van der Waals surface area (Å²) in [4.78, 5) is 18.4. The zero-order chi connectivity index (χ0) is 19.8. The number of carbonyl (C=O) groups excluding carboxylic acids is 1. The van der Waals surface area contributed by atoms with Crippen molar-refractivity contribution in [3.05, 3.63) is 53.6 Å². The molecule has 2 aromatic heterocycles. The van der Waals surface area contributed by atoms with Crippen LogP contribution in [-0.4, -0.2) is 39.9 Å². The molecular formula is C19H19F2N5O2. The quantitative estimate of drug-likeness (QED) is 0.547. The minimum Gasteiger partial charge on any atom is -0.462 e. The van der Waals surface area contributed by atoms with Crippen LogP contribution in [0.3, 0.4) is 0 Å². The average molecular weight is 387 g/mol. The van der Waals surface area contributed by atoms with Gasteiger partial charge in [0.05, 0.1) is 25.4 Å². The minimum atomic E-state index is -1.10. The van der Waals surface area contributed by atoms with Crippen molar-refractivity contribution in [1.29, 1.82) is 0 Å². The molecule has 7 nitrogen and oxygen atoms in total. The van der Waals surface area contributed by atoms with Crippen molar-refractivity contribution in [3.63, 3.8) is 0 Å². The van der Waals surface area contributed by atoms with Crippen LogP contribution < -0.4 is 10.6 Å². The summed E-state index contributed by atoms with van der Waals surface area (Å²) in [6, 6.07) is 5.48. The standard InChI is InChI=1S/C19H19F2N5O2/c1-2-28-19(27)15-9-23-26-4-3-17(24-18(15)26)25-10-13(21)8-16(25)11-5-12(20)7-14(22)6-11/h3-7,9,13,16H,2,8,10,22H2,1H3/t13-,16+/m0/s1. The van der Waals surface area contributed by atoms with Crippen LogP contribution >= 0.6 is 0 Å². The monoisotopic (exact) mass is 387 g/mol. The molecule has 9 heteroatoms. The molecule has 0 amide bonds. The molecule has 0 saturated carbocycles. The van der Waals surface area contributed by atoms with E-state index in [9.17, 15) is 13.6 Å². The second kappa shape index (κ2) is 7.06. The number of anilines is 2. The molecule has 0 spiro atoms. The van der Waals surface area contributed by atoms with E-state index in [1.54, 1.807) is 30.2 Å². The van der Waals surface area contributed by atoms with E-state index >= 15 is 0 Å². The molecular weight excluding hydrogens is 368 g/mol. The number of rotatable bonds is 4. The zero-order valence-electron chi connectivity index (χ0n) is 15.2. The summed E-state index contributed by atoms with van der Waals surface area (Å²) in [5.41, 5.74) is 7.16. The van der Waals surface area contributed by atoms with E-state index in [1.807, 2.05) is 0 Å². The van der Waals surface area contributed by atoms with Crippen LogP contribution in [0.4, 0.5) is 20.3 Å². The fourth-order valence-electron chi connectivity index (χ4n) is 3.55. The number of hydrogen-bond acceptors (Lipinski definition) is 6. The molecule has 0 aliphatic carbocycles. The molecule has 1 saturated heterocycles. The van der Waals surface area contributed by atoms with Gasteiger partial charge in [0.25, 0.3) is 0 Å². The van der Waals surface area contributed by atoms with Crippen molar-refractivity contribution in [2.45, 2.75) is 25.6 Å². The molecule has 0 radical (unpaired) electrons. The molecule has 0 unspecified atom stereocenters. The van der Waals surface area contributed by atoms with Crippen LogP contribution in [0, 0.1) is 5.82 Å². The summed E-state index contributed by atoms with van der Waals surface area (Å²) in [6.45, 7) is 2.05. The molecule has 1 aromatic carbocycles. The number of ether oxygens (including phenoxy) is 1. The number of aromatic nitrogens is 3. The maximum Gasteiger partial charge on any atom is 0.343 e. The number of nitrogens with zero attached hydrogens (tertiary/aromatic N) is 4. The number of benzene rings is 1. The first kappa shape index (κ1) is 18.1. The topological polar surface area (TPSA) is 85.8 Å². The van der Waals surface area contributed by atoms with E-state index in [4.69, 9.17) is 10.5 Å². The Morgan fingerprint density at radius 1 is 1.39 bits per heavy atom. The summed E-state index contributed by atoms with van der Waals surface area (Å²) in [6.07, 6.45) is 2.13. The highest BCUT2D eigenvalue weighted by Gasteiger charge is 2.35. The lowest BCUT2D eigenvalue weighted by Crippen LogP contribution is -2.25. The van der Waals surface area contributed by atoms with Crippen molar-refractivity contribution in [2.75, 3.05) is 23.8 Å². The molecule has 1 aliphatic heterocycles. The summed E-state index contributed by atoms with van der Waals surface area (Å²) in [7, 11) is 0. The van der Waals surface area contributed by atoms with E-state index in [1.165, 1.54) is 22.8 Å². The number of nitrogen functional groups attached to an aromatic ring is 1. The van der Waals surface area contributed by atoms with Crippen LogP contribution in [0.5, 0.6) is 0 Å². The van der Waals surface area contributed by atoms with E-state index in [0.717, 1.165) is 0 Å². The number of halogens is 2. The van der Waals surface area contributed by atoms with Gasteiger partial charge in [0.2, 0.25) is 0 Å². The van der Waals surface area contributed by atoms with Gasteiger partial charge in [0.1, 0.15) is 23.4 Å². The molecule has 3 aromatic rings. The van der Waals surface area contributed by atoms with Gasteiger partial charge in [-0.2, -0.15) is 5.10 Å². The third kappa shape index (κ3) is 3.23. The molecule has 2 N–H and O–H groups in total. The van der Waals surface area contributed by atoms with Gasteiger partial charge in [-0.15, -0.1) is 0 Å². The van der Waals surface area contributed by atoms with Crippen LogP contribution in [0.1, 0.15) is 35.3 Å². The van der Waals surface area contributed by atoms with Gasteiger partial charge in [0, 0.05) is 18.3 Å². The van der Waals surface area contributed by atoms with Crippen LogP contribution in [0.15, 0.2) is 36.7 Å². The fraction of sp³-hybridized carbons (Fsp3) is 0.316. The normalized spacial score (nSPS) is 19.3. The third-order valence-corrected chi connectivity index (χ3v) is 4.72. The number of fused-ring (bicyclic) bond motifs is 1. The highest BCUT2D eigenvalue weighted by atomic mass is 19.1. The second-order valence-corrected chi connectivity index (χ2v) is 6.65. The highest BCUT2D eigenvalue weighted by molar-refractivity contribution is 5.95. The molecule has 4 rings (SSSR count). The Hall–Kier alpha value is -3.23. The SMILES string of the molecule is CCOC(=O)c1cnn2ccc(N3C[C@@H](F)C[C@@H]3c3cc(N)cc(F)c3)nc12. The van der Waals surface area contributed by atoms with Gasteiger partial charge in [-0.25, -0.2) is 23.1 Å². The number of nitrogens with two attached hydrogens (primary N) is 1. The van der Waals surface area contributed by atoms with E-state index in [0.29, 0.717) is 17.0 Å². The summed E-state index contributed by atoms with van der Waals surface area (Å²) < 4.78 is 34.6. The smallest absolute Gasteiger partial charge is 0.343 e. The van der Waals surface area contributed by atoms with Crippen molar-refractivity contribution >= 4 is 23.1 Å². The number of alkyl halides is 1. The van der Waals surface area contributed by atoms with E-state index in [2.05, 4.69) is 10.1 Å². The highest BCUT2D eigenvalue weighted by Crippen LogP contribution is 2.37. The maximum atomic E-state index is 14.3. The first-order valence-electron chi connectivity index (χ1n) is 8.94. The van der Waals surface area contributed by atoms with Gasteiger partial charge >= 0.3 is 5.97 Å². The minimum absolute atomic E-state index is 0.104. The van der Waals surface area contributed by atoms with Crippen LogP contribution in [0.25, 0.3) is 5.65 Å². The summed E-state index contributed by atoms with van der Waals surface area (Å²) in [5.74, 6) is -0.533. The van der Waals surface area contributed by atoms with E-state index in [-0.39, 0.29) is 30.8 Å². The largest absolute Gasteiger partial charge is 0.462 e. The lowest BCUT2D eigenvalue weighted by atomic mass is 10.0. The lowest BCUT2D eigenvalue weighted by Gasteiger charge is -2.26. The second-order valence-electron chi connectivity index (χ2n) is 6.65. The number of hydrogen-bond donors (Lipinski definition) is 1. The van der Waals surface area contributed by atoms with Gasteiger partial charge in [0.15, 0.2) is 5.65 Å². The molecule has 28 heavy (non-hydrogen) atoms. The Balaban J connectivity index is 1.74. The molecule has 0 bridgehead atoms. The van der Waals surface area contributed by atoms with Gasteiger partial charge in [-0.1, -0.05) is 0 Å². The van der Waals surface area contributed by atoms with Crippen molar-refractivity contribution in [1.82, 2.24) is 14.6 Å². The maximum absolute atomic E-state index is 14.3. The predicted octanol–water partition coefficient (Wildman–Crippen LogP) is 2.92. The third-order valence-electron chi connectivity index (χ3n) is 4.72. The van der Waals surface area contributed by atoms with E-state index < -0.39 is 24.0 Å². The first-order valence-corrected chi connectivity index (χ1v) is 8.94. The van der Waals surface area contributed by atoms with Gasteiger partial charge in [-0.05, 0) is 36.8 Å². The molecule has 2 atom stereocenters. The number of esters is 1. The molecule has 3 heterocycles. The number of carbonyl (C=O) groups is 1. The summed E-state index contributed by atoms with van der Waals surface area (Å²) >= 11 is 0. The Morgan fingerprint density at radius 3 is 2.96 bits per heavy atom. The zero-order valence-corrected chi connectivity index (χ0v) is 15.2. The Kier molecular flexibility index (Phi) is 4.58. The van der Waals surface area contributed by atoms with Crippen molar-refractivity contribution in [3.8, 4) is 0 Å². The van der Waals surface area contributed by atoms with Crippen LogP contribution in [-0.2, 0) is 4.74 Å². The first-order chi connectivity index (χ1) is 13.5. The molecule has 1 aliphatic rings. The fourth-order valence-corrected chi connectivity index (χ4v) is 3.55. The van der Waals surface area contributed by atoms with Gasteiger partial charge in [-0.3, -0.25) is 0 Å². The predicted molar refractivity (Wildman–Crippen MR) is 99.4 cm³/mol.